The fourth-order valence-corrected chi connectivity index (χ4v) is 4.08. The van der Waals surface area contributed by atoms with Gasteiger partial charge in [0.2, 0.25) is 5.91 Å². The van der Waals surface area contributed by atoms with E-state index in [0.29, 0.717) is 11.3 Å². The van der Waals surface area contributed by atoms with Crippen LogP contribution in [-0.2, 0) is 4.79 Å². The summed E-state index contributed by atoms with van der Waals surface area (Å²) >= 11 is 1.47. The monoisotopic (exact) mass is 428 g/mol. The Balaban J connectivity index is 1.41. The fourth-order valence-electron chi connectivity index (χ4n) is 3.17. The quantitative estimate of drug-likeness (QED) is 0.401. The molecule has 3 N–H and O–H groups in total. The smallest absolute Gasteiger partial charge is 0.252 e. The van der Waals surface area contributed by atoms with Crippen LogP contribution in [0.4, 0.5) is 5.69 Å². The maximum absolute atomic E-state index is 12.6. The van der Waals surface area contributed by atoms with E-state index in [9.17, 15) is 14.7 Å². The van der Waals surface area contributed by atoms with Crippen molar-refractivity contribution < 1.29 is 14.7 Å². The highest BCUT2D eigenvalue weighted by molar-refractivity contribution is 7.99. The number of fused-ring (bicyclic) bond motifs is 1. The summed E-state index contributed by atoms with van der Waals surface area (Å²) in [4.78, 5) is 26.9. The van der Waals surface area contributed by atoms with Crippen molar-refractivity contribution in [3.63, 3.8) is 0 Å². The van der Waals surface area contributed by atoms with E-state index in [2.05, 4.69) is 10.6 Å². The Morgan fingerprint density at radius 1 is 0.806 bits per heavy atom. The molecule has 0 saturated carbocycles. The van der Waals surface area contributed by atoms with E-state index in [1.807, 2.05) is 72.8 Å². The highest BCUT2D eigenvalue weighted by atomic mass is 32.2. The Morgan fingerprint density at radius 3 is 2.35 bits per heavy atom. The fraction of sp³-hybridized carbons (Fsp3) is 0.0400. The maximum atomic E-state index is 12.6. The van der Waals surface area contributed by atoms with Gasteiger partial charge in [-0.2, -0.15) is 0 Å². The van der Waals surface area contributed by atoms with E-state index in [4.69, 9.17) is 0 Å². The average molecular weight is 429 g/mol. The number of carbonyl (C=O) groups is 2. The number of carbonyl (C=O) groups excluding carboxylic acids is 2. The van der Waals surface area contributed by atoms with E-state index in [1.165, 1.54) is 11.8 Å². The third kappa shape index (κ3) is 5.05. The van der Waals surface area contributed by atoms with E-state index >= 15 is 0 Å². The maximum Gasteiger partial charge on any atom is 0.252 e. The van der Waals surface area contributed by atoms with Gasteiger partial charge in [0.25, 0.3) is 5.91 Å². The molecule has 0 aliphatic rings. The molecule has 6 heteroatoms. The van der Waals surface area contributed by atoms with Gasteiger partial charge in [0.1, 0.15) is 5.75 Å². The Kier molecular flexibility index (Phi) is 6.19. The molecule has 4 aromatic carbocycles. The molecule has 31 heavy (non-hydrogen) atoms. The van der Waals surface area contributed by atoms with Crippen molar-refractivity contribution in [1.29, 1.82) is 0 Å². The largest absolute Gasteiger partial charge is 0.508 e. The van der Waals surface area contributed by atoms with Crippen LogP contribution in [0.15, 0.2) is 101 Å². The minimum atomic E-state index is -0.313. The van der Waals surface area contributed by atoms with Crippen LogP contribution in [0.2, 0.25) is 0 Å². The van der Waals surface area contributed by atoms with Gasteiger partial charge >= 0.3 is 0 Å². The van der Waals surface area contributed by atoms with E-state index in [-0.39, 0.29) is 24.1 Å². The average Bonchev–Trinajstić information content (AvgIpc) is 2.80. The molecule has 4 rings (SSSR count). The first kappa shape index (κ1) is 20.5. The molecule has 0 aromatic heterocycles. The van der Waals surface area contributed by atoms with Crippen LogP contribution >= 0.6 is 11.8 Å². The summed E-state index contributed by atoms with van der Waals surface area (Å²) in [6.45, 7) is -0.139. The lowest BCUT2D eigenvalue weighted by atomic mass is 10.0. The second kappa shape index (κ2) is 9.36. The van der Waals surface area contributed by atoms with Gasteiger partial charge in [-0.05, 0) is 53.2 Å². The number of phenolic OH excluding ortho intramolecular Hbond substituents is 1. The number of para-hydroxylation sites is 1. The Hall–Kier alpha value is -3.77. The van der Waals surface area contributed by atoms with Gasteiger partial charge in [-0.1, -0.05) is 60.3 Å². The van der Waals surface area contributed by atoms with Gasteiger partial charge in [-0.25, -0.2) is 0 Å². The molecule has 0 bridgehead atoms. The standard InChI is InChI=1S/C25H20N2O3S/c28-18-12-14-19(15-13-18)31-23-11-4-3-10-22(23)27-24(29)16-26-25(30)21-9-5-7-17-6-1-2-8-20(17)21/h1-15,28H,16H2,(H,26,30)(H,27,29). The third-order valence-electron chi connectivity index (χ3n) is 4.67. The topological polar surface area (TPSA) is 78.4 Å². The number of nitrogens with one attached hydrogen (secondary N) is 2. The molecule has 0 heterocycles. The molecule has 0 spiro atoms. The lowest BCUT2D eigenvalue weighted by Gasteiger charge is -2.12. The lowest BCUT2D eigenvalue weighted by Crippen LogP contribution is -2.33. The van der Waals surface area contributed by atoms with Crippen LogP contribution in [0.1, 0.15) is 10.4 Å². The van der Waals surface area contributed by atoms with Gasteiger partial charge < -0.3 is 15.7 Å². The molecule has 154 valence electrons. The van der Waals surface area contributed by atoms with Crippen molar-refractivity contribution in [3.05, 3.63) is 96.6 Å². The van der Waals surface area contributed by atoms with Crippen LogP contribution in [0.25, 0.3) is 10.8 Å². The molecule has 0 fully saturated rings. The lowest BCUT2D eigenvalue weighted by molar-refractivity contribution is -0.115. The number of benzene rings is 4. The number of aromatic hydroxyl groups is 1. The number of rotatable bonds is 6. The highest BCUT2D eigenvalue weighted by Crippen LogP contribution is 2.34. The van der Waals surface area contributed by atoms with Gasteiger partial charge in [0.15, 0.2) is 0 Å². The van der Waals surface area contributed by atoms with Crippen LogP contribution in [0.5, 0.6) is 5.75 Å². The normalized spacial score (nSPS) is 10.6. The zero-order valence-electron chi connectivity index (χ0n) is 16.5. The highest BCUT2D eigenvalue weighted by Gasteiger charge is 2.12. The summed E-state index contributed by atoms with van der Waals surface area (Å²) in [6.07, 6.45) is 0. The van der Waals surface area contributed by atoms with Gasteiger partial charge in [0.05, 0.1) is 12.2 Å². The molecule has 5 nitrogen and oxygen atoms in total. The predicted molar refractivity (Wildman–Crippen MR) is 124 cm³/mol. The summed E-state index contributed by atoms with van der Waals surface area (Å²) in [5, 5.41) is 16.8. The molecule has 0 aliphatic heterocycles. The van der Waals surface area contributed by atoms with Crippen molar-refractivity contribution in [2.45, 2.75) is 9.79 Å². The van der Waals surface area contributed by atoms with Gasteiger partial charge in [0, 0.05) is 15.4 Å². The summed E-state index contributed by atoms with van der Waals surface area (Å²) < 4.78 is 0. The zero-order valence-corrected chi connectivity index (χ0v) is 17.4. The predicted octanol–water partition coefficient (Wildman–Crippen LogP) is 5.07. The third-order valence-corrected chi connectivity index (χ3v) is 5.75. The molecule has 0 unspecified atom stereocenters. The van der Waals surface area contributed by atoms with Gasteiger partial charge in [-0.15, -0.1) is 0 Å². The minimum Gasteiger partial charge on any atom is -0.508 e. The second-order valence-electron chi connectivity index (χ2n) is 6.85. The van der Waals surface area contributed by atoms with E-state index in [1.54, 1.807) is 18.2 Å². The molecule has 0 atom stereocenters. The molecular formula is C25H20N2O3S. The van der Waals surface area contributed by atoms with Crippen molar-refractivity contribution in [2.75, 3.05) is 11.9 Å². The van der Waals surface area contributed by atoms with Crippen LogP contribution in [-0.4, -0.2) is 23.5 Å². The van der Waals surface area contributed by atoms with Crippen molar-refractivity contribution in [2.24, 2.45) is 0 Å². The van der Waals surface area contributed by atoms with Crippen LogP contribution in [0.3, 0.4) is 0 Å². The molecule has 0 radical (unpaired) electrons. The number of amides is 2. The van der Waals surface area contributed by atoms with Crippen molar-refractivity contribution in [1.82, 2.24) is 5.32 Å². The first-order valence-corrected chi connectivity index (χ1v) is 10.5. The summed E-state index contributed by atoms with van der Waals surface area (Å²) in [5.41, 5.74) is 1.19. The Labute approximate surface area is 184 Å². The van der Waals surface area contributed by atoms with Crippen LogP contribution in [0, 0.1) is 0 Å². The zero-order chi connectivity index (χ0) is 21.6. The Morgan fingerprint density at radius 2 is 1.52 bits per heavy atom. The SMILES string of the molecule is O=C(CNC(=O)c1cccc2ccccc12)Nc1ccccc1Sc1ccc(O)cc1. The minimum absolute atomic E-state index is 0.139. The molecule has 0 saturated heterocycles. The number of hydrogen-bond acceptors (Lipinski definition) is 4. The number of hydrogen-bond donors (Lipinski definition) is 3. The Bertz CT molecular complexity index is 1230. The first-order valence-electron chi connectivity index (χ1n) is 9.72. The summed E-state index contributed by atoms with van der Waals surface area (Å²) in [7, 11) is 0. The summed E-state index contributed by atoms with van der Waals surface area (Å²) in [6, 6.07) is 27.5. The van der Waals surface area contributed by atoms with E-state index < -0.39 is 0 Å². The molecular weight excluding hydrogens is 408 g/mol. The number of phenols is 1. The van der Waals surface area contributed by atoms with Gasteiger partial charge in [-0.3, -0.25) is 9.59 Å². The first-order chi connectivity index (χ1) is 15.1. The molecule has 0 aliphatic carbocycles. The number of anilines is 1. The van der Waals surface area contributed by atoms with E-state index in [0.717, 1.165) is 20.6 Å². The van der Waals surface area contributed by atoms with Crippen molar-refractivity contribution in [3.8, 4) is 5.75 Å². The second-order valence-corrected chi connectivity index (χ2v) is 7.97. The molecule has 2 amide bonds. The van der Waals surface area contributed by atoms with Crippen molar-refractivity contribution >= 4 is 40.0 Å². The molecule has 4 aromatic rings. The summed E-state index contributed by atoms with van der Waals surface area (Å²) in [5.74, 6) is -0.404. The van der Waals surface area contributed by atoms with Crippen LogP contribution < -0.4 is 10.6 Å².